The van der Waals surface area contributed by atoms with Crippen molar-refractivity contribution < 1.29 is 5.11 Å². The van der Waals surface area contributed by atoms with Gasteiger partial charge in [-0.05, 0) is 44.9 Å². The second-order valence-corrected chi connectivity index (χ2v) is 5.36. The minimum absolute atomic E-state index is 0.154. The molecule has 1 heteroatoms. The molecule has 1 nitrogen and oxygen atoms in total. The Bertz CT molecular complexity index is 307. The van der Waals surface area contributed by atoms with Gasteiger partial charge in [0.1, 0.15) is 0 Å². The van der Waals surface area contributed by atoms with Gasteiger partial charge in [-0.2, -0.15) is 0 Å². The summed E-state index contributed by atoms with van der Waals surface area (Å²) >= 11 is 0. The van der Waals surface area contributed by atoms with Crippen molar-refractivity contribution in [3.63, 3.8) is 0 Å². The predicted molar refractivity (Wildman–Crippen MR) is 74.9 cm³/mol. The van der Waals surface area contributed by atoms with Crippen LogP contribution in [0.2, 0.25) is 0 Å². The summed E-state index contributed by atoms with van der Waals surface area (Å²) in [6.07, 6.45) is 14.2. The van der Waals surface area contributed by atoms with Gasteiger partial charge in [0.05, 0.1) is 6.10 Å². The normalized spacial score (nSPS) is 17.7. The summed E-state index contributed by atoms with van der Waals surface area (Å²) in [4.78, 5) is 0. The van der Waals surface area contributed by atoms with Crippen molar-refractivity contribution in [1.82, 2.24) is 0 Å². The molecule has 0 amide bonds. The van der Waals surface area contributed by atoms with Crippen molar-refractivity contribution in [2.45, 2.75) is 59.0 Å². The van der Waals surface area contributed by atoms with Crippen LogP contribution >= 0.6 is 0 Å². The molecule has 0 bridgehead atoms. The number of aliphatic hydroxyl groups is 1. The Kier molecular flexibility index (Phi) is 6.28. The molecule has 96 valence electrons. The van der Waals surface area contributed by atoms with Crippen molar-refractivity contribution in [2.75, 3.05) is 0 Å². The smallest absolute Gasteiger partial charge is 0.0566 e. The molecule has 1 aliphatic carbocycles. The second kappa shape index (κ2) is 7.50. The van der Waals surface area contributed by atoms with Crippen LogP contribution < -0.4 is 0 Å². The molecule has 17 heavy (non-hydrogen) atoms. The summed E-state index contributed by atoms with van der Waals surface area (Å²) in [5.41, 5.74) is 2.88. The van der Waals surface area contributed by atoms with E-state index in [1.165, 1.54) is 11.1 Å². The van der Waals surface area contributed by atoms with E-state index in [0.717, 1.165) is 32.1 Å². The lowest BCUT2D eigenvalue weighted by Gasteiger charge is -2.14. The maximum Gasteiger partial charge on any atom is 0.0566 e. The fourth-order valence-corrected chi connectivity index (χ4v) is 1.99. The molecule has 1 rings (SSSR count). The van der Waals surface area contributed by atoms with Gasteiger partial charge in [-0.1, -0.05) is 49.3 Å². The monoisotopic (exact) mass is 234 g/mol. The maximum absolute atomic E-state index is 9.73. The van der Waals surface area contributed by atoms with Gasteiger partial charge in [0.25, 0.3) is 0 Å². The third-order valence-corrected chi connectivity index (χ3v) is 3.38. The standard InChI is InChI=1S/C16H26O/c1-13(2)16(17)12-11-14(3)7-6-10-15-8-4-5-9-15/h4,7-9,13,16-17H,5-6,10-12H2,1-3H3/b14-7+/t16-/m0/s1. The third kappa shape index (κ3) is 5.88. The summed E-state index contributed by atoms with van der Waals surface area (Å²) in [5, 5.41) is 9.73. The molecule has 0 spiro atoms. The molecule has 0 fully saturated rings. The predicted octanol–water partition coefficient (Wildman–Crippen LogP) is 4.40. The molecule has 0 saturated carbocycles. The highest BCUT2D eigenvalue weighted by Gasteiger charge is 2.08. The van der Waals surface area contributed by atoms with Crippen molar-refractivity contribution >= 4 is 0 Å². The molecule has 1 N–H and O–H groups in total. The van der Waals surface area contributed by atoms with E-state index in [0.29, 0.717) is 5.92 Å². The molecule has 0 aromatic carbocycles. The zero-order valence-electron chi connectivity index (χ0n) is 11.4. The van der Waals surface area contributed by atoms with Crippen LogP contribution in [0.25, 0.3) is 0 Å². The molecule has 0 unspecified atom stereocenters. The van der Waals surface area contributed by atoms with Crippen molar-refractivity contribution in [1.29, 1.82) is 0 Å². The van der Waals surface area contributed by atoms with Crippen LogP contribution in [-0.2, 0) is 0 Å². The maximum atomic E-state index is 9.73. The Labute approximate surface area is 106 Å². The van der Waals surface area contributed by atoms with E-state index in [1.54, 1.807) is 0 Å². The first-order chi connectivity index (χ1) is 8.09. The summed E-state index contributed by atoms with van der Waals surface area (Å²) in [7, 11) is 0. The van der Waals surface area contributed by atoms with Gasteiger partial charge in [-0.25, -0.2) is 0 Å². The molecule has 0 aliphatic heterocycles. The minimum atomic E-state index is -0.154. The summed E-state index contributed by atoms with van der Waals surface area (Å²) in [5.74, 6) is 0.372. The fraction of sp³-hybridized carbons (Fsp3) is 0.625. The Balaban J connectivity index is 2.18. The highest BCUT2D eigenvalue weighted by molar-refractivity contribution is 5.26. The molecule has 0 radical (unpaired) electrons. The Morgan fingerprint density at radius 2 is 2.24 bits per heavy atom. The van der Waals surface area contributed by atoms with Crippen LogP contribution in [0.5, 0.6) is 0 Å². The first kappa shape index (κ1) is 14.2. The number of aliphatic hydroxyl groups excluding tert-OH is 1. The van der Waals surface area contributed by atoms with Crippen LogP contribution in [0.4, 0.5) is 0 Å². The number of rotatable bonds is 7. The lowest BCUT2D eigenvalue weighted by atomic mass is 9.99. The molecule has 0 aromatic heterocycles. The average Bonchev–Trinajstić information content (AvgIpc) is 2.78. The fourth-order valence-electron chi connectivity index (χ4n) is 1.99. The van der Waals surface area contributed by atoms with E-state index >= 15 is 0 Å². The van der Waals surface area contributed by atoms with Crippen LogP contribution in [0.15, 0.2) is 35.5 Å². The quantitative estimate of drug-likeness (QED) is 0.647. The topological polar surface area (TPSA) is 20.2 Å². The molecular formula is C16H26O. The third-order valence-electron chi connectivity index (χ3n) is 3.38. The van der Waals surface area contributed by atoms with E-state index in [9.17, 15) is 5.11 Å². The summed E-state index contributed by atoms with van der Waals surface area (Å²) in [6, 6.07) is 0. The first-order valence-electron chi connectivity index (χ1n) is 6.79. The minimum Gasteiger partial charge on any atom is -0.393 e. The van der Waals surface area contributed by atoms with Crippen LogP contribution in [-0.4, -0.2) is 11.2 Å². The van der Waals surface area contributed by atoms with Crippen LogP contribution in [0, 0.1) is 5.92 Å². The number of allylic oxidation sites excluding steroid dienone is 6. The highest BCUT2D eigenvalue weighted by Crippen LogP contribution is 2.17. The molecule has 0 heterocycles. The summed E-state index contributed by atoms with van der Waals surface area (Å²) in [6.45, 7) is 6.32. The second-order valence-electron chi connectivity index (χ2n) is 5.36. The SMILES string of the molecule is C/C(=C\CCC1=CCC=C1)CC[C@H](O)C(C)C. The van der Waals surface area contributed by atoms with E-state index in [4.69, 9.17) is 0 Å². The van der Waals surface area contributed by atoms with Gasteiger partial charge < -0.3 is 5.11 Å². The lowest BCUT2D eigenvalue weighted by Crippen LogP contribution is -2.14. The van der Waals surface area contributed by atoms with Gasteiger partial charge in [0.15, 0.2) is 0 Å². The van der Waals surface area contributed by atoms with Crippen molar-refractivity contribution in [2.24, 2.45) is 5.92 Å². The van der Waals surface area contributed by atoms with Crippen LogP contribution in [0.3, 0.4) is 0 Å². The molecule has 0 aromatic rings. The van der Waals surface area contributed by atoms with Crippen LogP contribution in [0.1, 0.15) is 52.9 Å². The molecule has 1 atom stereocenters. The average molecular weight is 234 g/mol. The first-order valence-corrected chi connectivity index (χ1v) is 6.79. The molecule has 1 aliphatic rings. The van der Waals surface area contributed by atoms with Gasteiger partial charge in [0, 0.05) is 0 Å². The highest BCUT2D eigenvalue weighted by atomic mass is 16.3. The number of hydrogen-bond acceptors (Lipinski definition) is 1. The van der Waals surface area contributed by atoms with Crippen molar-refractivity contribution in [3.8, 4) is 0 Å². The Morgan fingerprint density at radius 1 is 1.47 bits per heavy atom. The van der Waals surface area contributed by atoms with Gasteiger partial charge in [-0.15, -0.1) is 0 Å². The van der Waals surface area contributed by atoms with Gasteiger partial charge in [-0.3, -0.25) is 0 Å². The lowest BCUT2D eigenvalue weighted by molar-refractivity contribution is 0.116. The van der Waals surface area contributed by atoms with Gasteiger partial charge in [0.2, 0.25) is 0 Å². The summed E-state index contributed by atoms with van der Waals surface area (Å²) < 4.78 is 0. The van der Waals surface area contributed by atoms with E-state index in [2.05, 4.69) is 45.1 Å². The van der Waals surface area contributed by atoms with E-state index < -0.39 is 0 Å². The molecule has 0 saturated heterocycles. The number of hydrogen-bond donors (Lipinski definition) is 1. The van der Waals surface area contributed by atoms with E-state index in [1.807, 2.05) is 0 Å². The van der Waals surface area contributed by atoms with Crippen molar-refractivity contribution in [3.05, 3.63) is 35.5 Å². The molecular weight excluding hydrogens is 208 g/mol. The Hall–Kier alpha value is -0.820. The Morgan fingerprint density at radius 3 is 2.82 bits per heavy atom. The zero-order chi connectivity index (χ0) is 12.7. The largest absolute Gasteiger partial charge is 0.393 e. The zero-order valence-corrected chi connectivity index (χ0v) is 11.4. The van der Waals surface area contributed by atoms with Gasteiger partial charge >= 0.3 is 0 Å². The van der Waals surface area contributed by atoms with E-state index in [-0.39, 0.29) is 6.10 Å².